The molecule has 0 bridgehead atoms. The summed E-state index contributed by atoms with van der Waals surface area (Å²) in [6.45, 7) is 0.611. The Morgan fingerprint density at radius 1 is 1.04 bits per heavy atom. The van der Waals surface area contributed by atoms with Crippen LogP contribution < -0.4 is 10.1 Å². The minimum atomic E-state index is -0.202. The molecule has 0 aliphatic carbocycles. The molecule has 0 aliphatic heterocycles. The fourth-order valence-corrected chi connectivity index (χ4v) is 2.67. The van der Waals surface area contributed by atoms with Gasteiger partial charge in [-0.1, -0.05) is 30.3 Å². The molecule has 0 radical (unpaired) electrons. The first-order valence-corrected chi connectivity index (χ1v) is 8.69. The van der Waals surface area contributed by atoms with Gasteiger partial charge in [-0.05, 0) is 51.8 Å². The average Bonchev–Trinajstić information content (AvgIpc) is 2.64. The van der Waals surface area contributed by atoms with Crippen LogP contribution in [0.1, 0.15) is 15.9 Å². The molecule has 4 nitrogen and oxygen atoms in total. The van der Waals surface area contributed by atoms with Crippen molar-refractivity contribution in [3.63, 3.8) is 0 Å². The lowest BCUT2D eigenvalue weighted by Gasteiger charge is -2.08. The molecule has 3 aromatic rings. The van der Waals surface area contributed by atoms with Crippen LogP contribution in [0.15, 0.2) is 77.5 Å². The van der Waals surface area contributed by atoms with E-state index >= 15 is 0 Å². The van der Waals surface area contributed by atoms with Gasteiger partial charge in [0.1, 0.15) is 5.75 Å². The summed E-state index contributed by atoms with van der Waals surface area (Å²) in [6, 6.07) is 19.3. The molecule has 0 aliphatic rings. The van der Waals surface area contributed by atoms with E-state index in [1.165, 1.54) is 11.8 Å². The molecule has 0 saturated heterocycles. The van der Waals surface area contributed by atoms with Gasteiger partial charge in [-0.3, -0.25) is 9.78 Å². The zero-order valence-electron chi connectivity index (χ0n) is 13.5. The number of amides is 1. The maximum Gasteiger partial charge on any atom is 0.257 e. The molecule has 25 heavy (non-hydrogen) atoms. The summed E-state index contributed by atoms with van der Waals surface area (Å²) in [7, 11) is 0. The first-order chi connectivity index (χ1) is 12.2. The van der Waals surface area contributed by atoms with Crippen LogP contribution in [0, 0.1) is 0 Å². The van der Waals surface area contributed by atoms with Gasteiger partial charge in [0.05, 0.1) is 12.2 Å². The van der Waals surface area contributed by atoms with E-state index in [1.54, 1.807) is 12.3 Å². The number of ether oxygens (including phenoxy) is 1. The number of hydrogen-bond donors (Lipinski definition) is 1. The highest BCUT2D eigenvalue weighted by Gasteiger charge is 2.07. The summed E-state index contributed by atoms with van der Waals surface area (Å²) in [5.74, 6) is 0.574. The Bertz CT molecular complexity index is 836. The van der Waals surface area contributed by atoms with Crippen LogP contribution in [-0.2, 0) is 6.42 Å². The standard InChI is InChI=1S/C20H17BrN2O2/c21-17-12-16(13-22-14-17)20(24)23-18-6-8-19(9-7-18)25-11-10-15-4-2-1-3-5-15/h1-9,12-14H,10-11H2,(H,23,24). The van der Waals surface area contributed by atoms with E-state index in [9.17, 15) is 4.79 Å². The Labute approximate surface area is 155 Å². The van der Waals surface area contributed by atoms with Gasteiger partial charge in [0.25, 0.3) is 5.91 Å². The second-order valence-corrected chi connectivity index (χ2v) is 6.37. The first-order valence-electron chi connectivity index (χ1n) is 7.89. The molecule has 5 heteroatoms. The lowest BCUT2D eigenvalue weighted by Crippen LogP contribution is -2.12. The lowest BCUT2D eigenvalue weighted by atomic mass is 10.2. The molecule has 1 aromatic heterocycles. The van der Waals surface area contributed by atoms with E-state index in [2.05, 4.69) is 38.4 Å². The summed E-state index contributed by atoms with van der Waals surface area (Å²) >= 11 is 3.31. The molecule has 126 valence electrons. The van der Waals surface area contributed by atoms with Crippen LogP contribution in [0.4, 0.5) is 5.69 Å². The number of benzene rings is 2. The minimum Gasteiger partial charge on any atom is -0.493 e. The number of nitrogens with one attached hydrogen (secondary N) is 1. The summed E-state index contributed by atoms with van der Waals surface area (Å²) in [4.78, 5) is 16.2. The van der Waals surface area contributed by atoms with Gasteiger partial charge in [0, 0.05) is 29.0 Å². The van der Waals surface area contributed by atoms with Gasteiger partial charge in [0.2, 0.25) is 0 Å². The van der Waals surface area contributed by atoms with Crippen molar-refractivity contribution >= 4 is 27.5 Å². The van der Waals surface area contributed by atoms with Crippen molar-refractivity contribution in [2.24, 2.45) is 0 Å². The minimum absolute atomic E-state index is 0.202. The van der Waals surface area contributed by atoms with Crippen LogP contribution in [0.3, 0.4) is 0 Å². The number of nitrogens with zero attached hydrogens (tertiary/aromatic N) is 1. The second kappa shape index (κ2) is 8.44. The zero-order chi connectivity index (χ0) is 17.5. The lowest BCUT2D eigenvalue weighted by molar-refractivity contribution is 0.102. The van der Waals surface area contributed by atoms with Crippen molar-refractivity contribution in [2.45, 2.75) is 6.42 Å². The maximum absolute atomic E-state index is 12.2. The Kier molecular flexibility index (Phi) is 5.80. The second-order valence-electron chi connectivity index (χ2n) is 5.45. The third-order valence-electron chi connectivity index (χ3n) is 3.58. The van der Waals surface area contributed by atoms with E-state index in [0.717, 1.165) is 16.6 Å². The van der Waals surface area contributed by atoms with Gasteiger partial charge in [0.15, 0.2) is 0 Å². The molecule has 0 saturated carbocycles. The molecule has 0 fully saturated rings. The fourth-order valence-electron chi connectivity index (χ4n) is 2.31. The quantitative estimate of drug-likeness (QED) is 0.655. The first kappa shape index (κ1) is 17.2. The summed E-state index contributed by atoms with van der Waals surface area (Å²) < 4.78 is 6.51. The van der Waals surface area contributed by atoms with Gasteiger partial charge >= 0.3 is 0 Å². The van der Waals surface area contributed by atoms with E-state index in [-0.39, 0.29) is 5.91 Å². The third-order valence-corrected chi connectivity index (χ3v) is 4.02. The van der Waals surface area contributed by atoms with Gasteiger partial charge in [-0.15, -0.1) is 0 Å². The molecule has 1 N–H and O–H groups in total. The largest absolute Gasteiger partial charge is 0.493 e. The summed E-state index contributed by atoms with van der Waals surface area (Å²) in [5, 5.41) is 2.84. The normalized spacial score (nSPS) is 10.3. The van der Waals surface area contributed by atoms with Crippen LogP contribution >= 0.6 is 15.9 Å². The van der Waals surface area contributed by atoms with E-state index in [0.29, 0.717) is 17.9 Å². The molecule has 0 unspecified atom stereocenters. The highest BCUT2D eigenvalue weighted by molar-refractivity contribution is 9.10. The highest BCUT2D eigenvalue weighted by atomic mass is 79.9. The number of aromatic nitrogens is 1. The summed E-state index contributed by atoms with van der Waals surface area (Å²) in [6.07, 6.45) is 4.02. The number of rotatable bonds is 6. The fraction of sp³-hybridized carbons (Fsp3) is 0.100. The van der Waals surface area contributed by atoms with Crippen LogP contribution in [0.25, 0.3) is 0 Å². The zero-order valence-corrected chi connectivity index (χ0v) is 15.1. The molecular weight excluding hydrogens is 380 g/mol. The van der Waals surface area contributed by atoms with Crippen LogP contribution in [0.2, 0.25) is 0 Å². The van der Waals surface area contributed by atoms with E-state index < -0.39 is 0 Å². The molecule has 1 amide bonds. The van der Waals surface area contributed by atoms with Crippen molar-refractivity contribution < 1.29 is 9.53 Å². The summed E-state index contributed by atoms with van der Waals surface area (Å²) in [5.41, 5.74) is 2.45. The predicted molar refractivity (Wildman–Crippen MR) is 102 cm³/mol. The molecule has 0 spiro atoms. The van der Waals surface area contributed by atoms with Crippen LogP contribution in [-0.4, -0.2) is 17.5 Å². The number of carbonyl (C=O) groups is 1. The molecule has 1 heterocycles. The number of hydrogen-bond acceptors (Lipinski definition) is 3. The number of anilines is 1. The van der Waals surface area contributed by atoms with Gasteiger partial charge in [-0.2, -0.15) is 0 Å². The van der Waals surface area contributed by atoms with Gasteiger partial charge < -0.3 is 10.1 Å². The monoisotopic (exact) mass is 396 g/mol. The van der Waals surface area contributed by atoms with Crippen molar-refractivity contribution in [2.75, 3.05) is 11.9 Å². The van der Waals surface area contributed by atoms with Crippen LogP contribution in [0.5, 0.6) is 5.75 Å². The van der Waals surface area contributed by atoms with Crippen molar-refractivity contribution in [1.82, 2.24) is 4.98 Å². The molecule has 2 aromatic carbocycles. The Hall–Kier alpha value is -2.66. The van der Waals surface area contributed by atoms with E-state index in [4.69, 9.17) is 4.74 Å². The highest BCUT2D eigenvalue weighted by Crippen LogP contribution is 2.17. The topological polar surface area (TPSA) is 51.2 Å². The number of pyridine rings is 1. The average molecular weight is 397 g/mol. The van der Waals surface area contributed by atoms with Crippen molar-refractivity contribution in [1.29, 1.82) is 0 Å². The number of halogens is 1. The Balaban J connectivity index is 1.52. The van der Waals surface area contributed by atoms with Gasteiger partial charge in [-0.25, -0.2) is 0 Å². The smallest absolute Gasteiger partial charge is 0.257 e. The third kappa shape index (κ3) is 5.16. The molecular formula is C20H17BrN2O2. The number of carbonyl (C=O) groups excluding carboxylic acids is 1. The molecule has 3 rings (SSSR count). The SMILES string of the molecule is O=C(Nc1ccc(OCCc2ccccc2)cc1)c1cncc(Br)c1. The van der Waals surface area contributed by atoms with E-state index in [1.807, 2.05) is 42.5 Å². The predicted octanol–water partition coefficient (Wildman–Crippen LogP) is 4.72. The molecule has 0 atom stereocenters. The maximum atomic E-state index is 12.2. The van der Waals surface area contributed by atoms with Crippen molar-refractivity contribution in [3.8, 4) is 5.75 Å². The Morgan fingerprint density at radius 2 is 1.80 bits per heavy atom. The Morgan fingerprint density at radius 3 is 2.52 bits per heavy atom. The van der Waals surface area contributed by atoms with Crippen molar-refractivity contribution in [3.05, 3.63) is 88.7 Å².